The normalized spacial score (nSPS) is 26.2. The summed E-state index contributed by atoms with van der Waals surface area (Å²) in [5.41, 5.74) is 0.838. The van der Waals surface area contributed by atoms with Gasteiger partial charge in [0.1, 0.15) is 18.3 Å². The molecule has 2 unspecified atom stereocenters. The largest absolute Gasteiger partial charge is 0.480 e. The average Bonchev–Trinajstić information content (AvgIpc) is 3.49. The predicted molar refractivity (Wildman–Crippen MR) is 154 cm³/mol. The molecule has 226 valence electrons. The molecule has 6 atom stereocenters. The quantitative estimate of drug-likeness (QED) is 0.180. The van der Waals surface area contributed by atoms with Gasteiger partial charge in [-0.2, -0.15) is 0 Å². The SMILES string of the molecule is O=C(O)CO[C@H]1C[SH](c2ccc(Cl)c(Cl)c2)[C@@H]2COC(c3ccccc3)O[C@@H]2[C@H]1n1cc(-c2cc(F)c(F)c(F)c2)nn1. The molecule has 3 aromatic carbocycles. The Hall–Kier alpha value is -3.13. The first-order valence-corrected chi connectivity index (χ1v) is 15.5. The van der Waals surface area contributed by atoms with E-state index in [0.717, 1.165) is 22.6 Å². The Bertz CT molecular complexity index is 1630. The van der Waals surface area contributed by atoms with Crippen molar-refractivity contribution in [1.82, 2.24) is 15.0 Å². The number of hydrogen-bond acceptors (Lipinski definition) is 6. The van der Waals surface area contributed by atoms with Crippen LogP contribution in [0.15, 0.2) is 71.8 Å². The average molecular weight is 654 g/mol. The second-order valence-corrected chi connectivity index (χ2v) is 13.4. The highest BCUT2D eigenvalue weighted by Gasteiger charge is 2.50. The summed E-state index contributed by atoms with van der Waals surface area (Å²) < 4.78 is 61.9. The van der Waals surface area contributed by atoms with Gasteiger partial charge in [-0.05, 0) is 35.2 Å². The van der Waals surface area contributed by atoms with Gasteiger partial charge in [0.05, 0.1) is 35.1 Å². The second kappa shape index (κ2) is 12.5. The van der Waals surface area contributed by atoms with E-state index >= 15 is 0 Å². The molecule has 6 rings (SSSR count). The minimum Gasteiger partial charge on any atom is -0.480 e. The van der Waals surface area contributed by atoms with Gasteiger partial charge in [0.25, 0.3) is 0 Å². The number of benzene rings is 3. The Balaban J connectivity index is 1.42. The van der Waals surface area contributed by atoms with Crippen molar-refractivity contribution >= 4 is 40.1 Å². The lowest BCUT2D eigenvalue weighted by Crippen LogP contribution is -2.55. The van der Waals surface area contributed by atoms with E-state index in [-0.39, 0.29) is 16.5 Å². The number of aliphatic carboxylic acids is 1. The smallest absolute Gasteiger partial charge is 0.329 e. The van der Waals surface area contributed by atoms with Gasteiger partial charge in [-0.3, -0.25) is 0 Å². The van der Waals surface area contributed by atoms with Crippen molar-refractivity contribution in [2.24, 2.45) is 0 Å². The van der Waals surface area contributed by atoms with Gasteiger partial charge in [-0.15, -0.1) is 5.10 Å². The molecule has 2 fully saturated rings. The van der Waals surface area contributed by atoms with Crippen LogP contribution >= 0.6 is 34.1 Å². The van der Waals surface area contributed by atoms with E-state index in [0.29, 0.717) is 22.4 Å². The van der Waals surface area contributed by atoms with Crippen molar-refractivity contribution in [3.05, 3.63) is 99.9 Å². The number of fused-ring (bicyclic) bond motifs is 1. The van der Waals surface area contributed by atoms with E-state index in [9.17, 15) is 23.1 Å². The van der Waals surface area contributed by atoms with Crippen LogP contribution in [0.4, 0.5) is 13.2 Å². The highest BCUT2D eigenvalue weighted by Crippen LogP contribution is 2.55. The molecule has 0 saturated carbocycles. The van der Waals surface area contributed by atoms with Crippen molar-refractivity contribution in [2.75, 3.05) is 19.0 Å². The van der Waals surface area contributed by atoms with Gasteiger partial charge in [0, 0.05) is 22.1 Å². The Kier molecular flexibility index (Phi) is 8.67. The number of hydrogen-bond donors (Lipinski definition) is 2. The van der Waals surface area contributed by atoms with Crippen LogP contribution in [-0.4, -0.2) is 62.5 Å². The fourth-order valence-electron chi connectivity index (χ4n) is 5.43. The molecule has 43 heavy (non-hydrogen) atoms. The van der Waals surface area contributed by atoms with Crippen LogP contribution < -0.4 is 0 Å². The standard InChI is InChI=1S/C29H24Cl2F3N3O5S/c30-18-7-6-17(10-19(18)31)43-14-23(40-13-25(38)39)27(28-24(43)12-41-29(42-28)15-4-2-1-3-5-15)37-11-22(35-36-37)16-8-20(32)26(34)21(33)9-16/h1-11,23-24,27-29,43H,12-14H2,(H,38,39)/t23-,24+,27-,28-,29?/m0/s1. The molecular weight excluding hydrogens is 630 g/mol. The summed E-state index contributed by atoms with van der Waals surface area (Å²) in [7, 11) is -1.09. The minimum atomic E-state index is -1.59. The van der Waals surface area contributed by atoms with Crippen LogP contribution in [-0.2, 0) is 19.0 Å². The fourth-order valence-corrected chi connectivity index (χ4v) is 8.81. The number of carbonyl (C=O) groups is 1. The van der Waals surface area contributed by atoms with E-state index in [2.05, 4.69) is 10.3 Å². The Morgan fingerprint density at radius 3 is 2.51 bits per heavy atom. The first-order chi connectivity index (χ1) is 20.7. The minimum absolute atomic E-state index is 0.0221. The zero-order valence-corrected chi connectivity index (χ0v) is 24.5. The summed E-state index contributed by atoms with van der Waals surface area (Å²) in [5, 5.41) is 18.3. The third-order valence-corrected chi connectivity index (χ3v) is 11.1. The van der Waals surface area contributed by atoms with Crippen molar-refractivity contribution in [3.63, 3.8) is 0 Å². The van der Waals surface area contributed by atoms with Crippen molar-refractivity contribution in [3.8, 4) is 11.3 Å². The third-order valence-electron chi connectivity index (χ3n) is 7.40. The monoisotopic (exact) mass is 653 g/mol. The lowest BCUT2D eigenvalue weighted by atomic mass is 10.00. The molecule has 0 aliphatic carbocycles. The third kappa shape index (κ3) is 6.13. The predicted octanol–water partition coefficient (Wildman–Crippen LogP) is 6.24. The van der Waals surface area contributed by atoms with Gasteiger partial charge in [0.15, 0.2) is 23.7 Å². The molecule has 2 aliphatic rings. The van der Waals surface area contributed by atoms with Gasteiger partial charge in [0.2, 0.25) is 0 Å². The summed E-state index contributed by atoms with van der Waals surface area (Å²) in [6, 6.07) is 15.6. The van der Waals surface area contributed by atoms with Crippen LogP contribution in [0.1, 0.15) is 17.9 Å². The maximum atomic E-state index is 14.0. The van der Waals surface area contributed by atoms with Gasteiger partial charge in [-0.25, -0.2) is 33.5 Å². The number of nitrogens with zero attached hydrogens (tertiary/aromatic N) is 3. The lowest BCUT2D eigenvalue weighted by molar-refractivity contribution is -0.234. The Labute approximate surface area is 256 Å². The van der Waals surface area contributed by atoms with Crippen molar-refractivity contribution in [1.29, 1.82) is 0 Å². The molecule has 1 aromatic heterocycles. The van der Waals surface area contributed by atoms with Gasteiger partial charge >= 0.3 is 5.97 Å². The van der Waals surface area contributed by atoms with E-state index in [1.807, 2.05) is 36.4 Å². The maximum absolute atomic E-state index is 14.0. The molecule has 0 spiro atoms. The molecule has 3 heterocycles. The number of carboxylic acid groups (broad SMARTS) is 1. The molecule has 4 aromatic rings. The number of ether oxygens (including phenoxy) is 3. The van der Waals surface area contributed by atoms with E-state index < -0.39 is 65.5 Å². The first kappa shape index (κ1) is 29.9. The Morgan fingerprint density at radius 2 is 1.81 bits per heavy atom. The Morgan fingerprint density at radius 1 is 1.07 bits per heavy atom. The fraction of sp³-hybridized carbons (Fsp3) is 0.276. The van der Waals surface area contributed by atoms with Crippen LogP contribution in [0.5, 0.6) is 0 Å². The van der Waals surface area contributed by atoms with Crippen molar-refractivity contribution in [2.45, 2.75) is 34.7 Å². The van der Waals surface area contributed by atoms with Crippen LogP contribution in [0.2, 0.25) is 10.0 Å². The molecule has 2 aliphatic heterocycles. The zero-order chi connectivity index (χ0) is 30.2. The van der Waals surface area contributed by atoms with Crippen LogP contribution in [0.3, 0.4) is 0 Å². The molecule has 0 radical (unpaired) electrons. The summed E-state index contributed by atoms with van der Waals surface area (Å²) in [4.78, 5) is 12.5. The van der Waals surface area contributed by atoms with E-state index in [4.69, 9.17) is 37.4 Å². The molecule has 2 saturated heterocycles. The molecule has 0 amide bonds. The van der Waals surface area contributed by atoms with E-state index in [1.165, 1.54) is 10.9 Å². The summed E-state index contributed by atoms with van der Waals surface area (Å²) in [5.74, 6) is -5.09. The number of carboxylic acids is 1. The lowest BCUT2D eigenvalue weighted by Gasteiger charge is -2.51. The van der Waals surface area contributed by atoms with Crippen LogP contribution in [0, 0.1) is 17.5 Å². The molecular formula is C29H24Cl2F3N3O5S. The van der Waals surface area contributed by atoms with Crippen molar-refractivity contribution < 1.29 is 37.3 Å². The number of thiol groups is 1. The molecule has 0 bridgehead atoms. The second-order valence-electron chi connectivity index (χ2n) is 10.1. The summed E-state index contributed by atoms with van der Waals surface area (Å²) in [6.45, 7) is -0.286. The highest BCUT2D eigenvalue weighted by atomic mass is 35.5. The van der Waals surface area contributed by atoms with Gasteiger partial charge in [-0.1, -0.05) is 58.7 Å². The molecule has 1 N–H and O–H groups in total. The van der Waals surface area contributed by atoms with Gasteiger partial charge < -0.3 is 19.3 Å². The first-order valence-electron chi connectivity index (χ1n) is 13.1. The zero-order valence-electron chi connectivity index (χ0n) is 22.1. The van der Waals surface area contributed by atoms with E-state index in [1.54, 1.807) is 12.1 Å². The maximum Gasteiger partial charge on any atom is 0.329 e. The topological polar surface area (TPSA) is 95.7 Å². The molecule has 8 nitrogen and oxygen atoms in total. The number of aromatic nitrogens is 3. The summed E-state index contributed by atoms with van der Waals surface area (Å²) in [6.07, 6.45) is -0.641. The van der Waals surface area contributed by atoms with Crippen LogP contribution in [0.25, 0.3) is 11.3 Å². The molecule has 14 heteroatoms. The number of rotatable bonds is 7. The summed E-state index contributed by atoms with van der Waals surface area (Å²) >= 11 is 12.6. The highest BCUT2D eigenvalue weighted by molar-refractivity contribution is 8.17. The number of halogens is 5.